The maximum atomic E-state index is 4.34. The van der Waals surface area contributed by atoms with Crippen molar-refractivity contribution in [1.82, 2.24) is 14.7 Å². The lowest BCUT2D eigenvalue weighted by Crippen LogP contribution is -2.24. The molecule has 0 saturated heterocycles. The maximum Gasteiger partial charge on any atom is 0.170 e. The van der Waals surface area contributed by atoms with E-state index in [1.807, 2.05) is 18.7 Å². The molecule has 1 unspecified atom stereocenters. The lowest BCUT2D eigenvalue weighted by Gasteiger charge is -2.08. The fourth-order valence-electron chi connectivity index (χ4n) is 1.16. The largest absolute Gasteiger partial charge is 0.313 e. The van der Waals surface area contributed by atoms with Gasteiger partial charge in [0, 0.05) is 17.8 Å². The minimum absolute atomic E-state index is 0.586. The number of aromatic nitrogens is 2. The number of hydrogen-bond acceptors (Lipinski definition) is 5. The summed E-state index contributed by atoms with van der Waals surface area (Å²) in [7, 11) is 0. The zero-order valence-corrected chi connectivity index (χ0v) is 10.1. The Morgan fingerprint density at radius 1 is 1.64 bits per heavy atom. The molecule has 1 atom stereocenters. The molecule has 1 aliphatic carbocycles. The van der Waals surface area contributed by atoms with Crippen LogP contribution in [0.5, 0.6) is 0 Å². The maximum absolute atomic E-state index is 4.34. The van der Waals surface area contributed by atoms with Crippen LogP contribution in [0.4, 0.5) is 0 Å². The SMILES string of the molecule is Cc1nsc(SC(C)CNC2CC2)n1. The van der Waals surface area contributed by atoms with E-state index < -0.39 is 0 Å². The highest BCUT2D eigenvalue weighted by molar-refractivity contribution is 8.01. The molecule has 3 nitrogen and oxygen atoms in total. The first-order chi connectivity index (χ1) is 6.74. The topological polar surface area (TPSA) is 37.8 Å². The first-order valence-corrected chi connectivity index (χ1v) is 6.59. The van der Waals surface area contributed by atoms with Gasteiger partial charge in [0.2, 0.25) is 0 Å². The van der Waals surface area contributed by atoms with E-state index in [1.54, 1.807) is 0 Å². The van der Waals surface area contributed by atoms with Crippen LogP contribution in [0.3, 0.4) is 0 Å². The number of aryl methyl sites for hydroxylation is 1. The van der Waals surface area contributed by atoms with Gasteiger partial charge < -0.3 is 5.32 Å². The first-order valence-electron chi connectivity index (χ1n) is 4.94. The summed E-state index contributed by atoms with van der Waals surface area (Å²) in [6, 6.07) is 0.800. The molecule has 1 N–H and O–H groups in total. The third-order valence-electron chi connectivity index (χ3n) is 2.08. The molecule has 0 aliphatic heterocycles. The van der Waals surface area contributed by atoms with E-state index >= 15 is 0 Å². The molecule has 0 bridgehead atoms. The summed E-state index contributed by atoms with van der Waals surface area (Å²) >= 11 is 3.32. The molecule has 1 heterocycles. The highest BCUT2D eigenvalue weighted by atomic mass is 32.2. The van der Waals surface area contributed by atoms with Crippen molar-refractivity contribution in [3.05, 3.63) is 5.82 Å². The molecule has 0 spiro atoms. The fourth-order valence-corrected chi connectivity index (χ4v) is 3.07. The van der Waals surface area contributed by atoms with Crippen LogP contribution in [0.2, 0.25) is 0 Å². The van der Waals surface area contributed by atoms with Crippen LogP contribution >= 0.6 is 23.3 Å². The van der Waals surface area contributed by atoms with E-state index in [0.717, 1.165) is 22.8 Å². The van der Waals surface area contributed by atoms with E-state index in [4.69, 9.17) is 0 Å². The predicted molar refractivity (Wildman–Crippen MR) is 61.0 cm³/mol. The molecule has 2 rings (SSSR count). The molecule has 1 saturated carbocycles. The Hall–Kier alpha value is -0.130. The second-order valence-electron chi connectivity index (χ2n) is 3.72. The van der Waals surface area contributed by atoms with Crippen LogP contribution in [0, 0.1) is 6.92 Å². The highest BCUT2D eigenvalue weighted by Gasteiger charge is 2.21. The summed E-state index contributed by atoms with van der Waals surface area (Å²) in [5.74, 6) is 0.889. The van der Waals surface area contributed by atoms with Crippen LogP contribution in [0.1, 0.15) is 25.6 Å². The summed E-state index contributed by atoms with van der Waals surface area (Å²) in [6.45, 7) is 5.25. The van der Waals surface area contributed by atoms with Crippen LogP contribution in [0.25, 0.3) is 0 Å². The van der Waals surface area contributed by atoms with Crippen LogP contribution in [-0.4, -0.2) is 27.2 Å². The average Bonchev–Trinajstić information content (AvgIpc) is 2.88. The Morgan fingerprint density at radius 2 is 2.43 bits per heavy atom. The Balaban J connectivity index is 1.72. The second-order valence-corrected chi connectivity index (χ2v) is 6.16. The molecule has 1 aromatic heterocycles. The number of nitrogens with zero attached hydrogens (tertiary/aromatic N) is 2. The number of hydrogen-bond donors (Lipinski definition) is 1. The number of nitrogens with one attached hydrogen (secondary N) is 1. The minimum atomic E-state index is 0.586. The molecule has 1 fully saturated rings. The lowest BCUT2D eigenvalue weighted by molar-refractivity contribution is 0.679. The normalized spacial score (nSPS) is 18.4. The summed E-state index contributed by atoms with van der Waals surface area (Å²) in [5, 5.41) is 4.11. The van der Waals surface area contributed by atoms with E-state index in [2.05, 4.69) is 21.6 Å². The van der Waals surface area contributed by atoms with Crippen molar-refractivity contribution >= 4 is 23.3 Å². The van der Waals surface area contributed by atoms with Gasteiger partial charge in [-0.1, -0.05) is 18.7 Å². The third-order valence-corrected chi connectivity index (χ3v) is 4.06. The van der Waals surface area contributed by atoms with Gasteiger partial charge in [-0.15, -0.1) is 0 Å². The zero-order chi connectivity index (χ0) is 9.97. The molecule has 1 aliphatic rings. The molecule has 14 heavy (non-hydrogen) atoms. The molecule has 0 radical (unpaired) electrons. The van der Waals surface area contributed by atoms with Crippen molar-refractivity contribution in [2.45, 2.75) is 42.3 Å². The van der Waals surface area contributed by atoms with Gasteiger partial charge in [0.1, 0.15) is 5.82 Å². The van der Waals surface area contributed by atoms with Crippen LogP contribution < -0.4 is 5.32 Å². The van der Waals surface area contributed by atoms with Gasteiger partial charge in [-0.3, -0.25) is 0 Å². The quantitative estimate of drug-likeness (QED) is 0.785. The monoisotopic (exact) mass is 229 g/mol. The van der Waals surface area contributed by atoms with Gasteiger partial charge in [0.15, 0.2) is 4.34 Å². The average molecular weight is 229 g/mol. The van der Waals surface area contributed by atoms with Gasteiger partial charge in [0.25, 0.3) is 0 Å². The van der Waals surface area contributed by atoms with E-state index in [1.165, 1.54) is 24.4 Å². The van der Waals surface area contributed by atoms with Crippen molar-refractivity contribution in [2.24, 2.45) is 0 Å². The minimum Gasteiger partial charge on any atom is -0.313 e. The Morgan fingerprint density at radius 3 is 3.00 bits per heavy atom. The Kier molecular flexibility index (Phi) is 3.41. The molecule has 78 valence electrons. The molecule has 0 aromatic carbocycles. The molecular formula is C9H15N3S2. The first kappa shape index (κ1) is 10.4. The summed E-state index contributed by atoms with van der Waals surface area (Å²) in [6.07, 6.45) is 2.71. The summed E-state index contributed by atoms with van der Waals surface area (Å²) < 4.78 is 5.26. The van der Waals surface area contributed by atoms with Crippen LogP contribution in [-0.2, 0) is 0 Å². The standard InChI is InChI=1S/C9H15N3S2/c1-6(5-10-8-3-4-8)13-9-11-7(2)12-14-9/h6,8,10H,3-5H2,1-2H3. The van der Waals surface area contributed by atoms with Gasteiger partial charge in [-0.05, 0) is 31.3 Å². The van der Waals surface area contributed by atoms with Crippen molar-refractivity contribution in [3.63, 3.8) is 0 Å². The van der Waals surface area contributed by atoms with Gasteiger partial charge >= 0.3 is 0 Å². The molecular weight excluding hydrogens is 214 g/mol. The second kappa shape index (κ2) is 4.59. The predicted octanol–water partition coefficient (Wildman–Crippen LogP) is 2.08. The number of thioether (sulfide) groups is 1. The van der Waals surface area contributed by atoms with E-state index in [-0.39, 0.29) is 0 Å². The highest BCUT2D eigenvalue weighted by Crippen LogP contribution is 2.25. The number of rotatable bonds is 5. The molecule has 0 amide bonds. The molecule has 5 heteroatoms. The van der Waals surface area contributed by atoms with Gasteiger partial charge in [-0.25, -0.2) is 4.98 Å². The van der Waals surface area contributed by atoms with E-state index in [0.29, 0.717) is 5.25 Å². The Bertz CT molecular complexity index is 296. The van der Waals surface area contributed by atoms with Crippen molar-refractivity contribution in [3.8, 4) is 0 Å². The van der Waals surface area contributed by atoms with Crippen molar-refractivity contribution in [1.29, 1.82) is 0 Å². The lowest BCUT2D eigenvalue weighted by atomic mass is 10.4. The van der Waals surface area contributed by atoms with Gasteiger partial charge in [0.05, 0.1) is 0 Å². The van der Waals surface area contributed by atoms with Crippen molar-refractivity contribution in [2.75, 3.05) is 6.54 Å². The van der Waals surface area contributed by atoms with Gasteiger partial charge in [-0.2, -0.15) is 4.37 Å². The smallest absolute Gasteiger partial charge is 0.170 e. The Labute approximate surface area is 92.9 Å². The van der Waals surface area contributed by atoms with Crippen LogP contribution in [0.15, 0.2) is 4.34 Å². The summed E-state index contributed by atoms with van der Waals surface area (Å²) in [5.41, 5.74) is 0. The summed E-state index contributed by atoms with van der Waals surface area (Å²) in [4.78, 5) is 4.34. The fraction of sp³-hybridized carbons (Fsp3) is 0.778. The van der Waals surface area contributed by atoms with E-state index in [9.17, 15) is 0 Å². The third kappa shape index (κ3) is 3.22. The molecule has 1 aromatic rings. The van der Waals surface area contributed by atoms with Crippen molar-refractivity contribution < 1.29 is 0 Å². The zero-order valence-electron chi connectivity index (χ0n) is 8.49.